The molecule has 0 fully saturated rings. The van der Waals surface area contributed by atoms with Crippen molar-refractivity contribution in [3.63, 3.8) is 0 Å². The van der Waals surface area contributed by atoms with Gasteiger partial charge in [-0.3, -0.25) is 4.79 Å². The van der Waals surface area contributed by atoms with Gasteiger partial charge < -0.3 is 5.73 Å². The molecule has 0 bridgehead atoms. The van der Waals surface area contributed by atoms with Crippen molar-refractivity contribution in [3.05, 3.63) is 89.5 Å². The van der Waals surface area contributed by atoms with E-state index in [1.807, 2.05) is 48.5 Å². The van der Waals surface area contributed by atoms with Crippen molar-refractivity contribution in [2.24, 2.45) is 10.7 Å². The number of rotatable bonds is 2. The highest BCUT2D eigenvalue weighted by Crippen LogP contribution is 2.41. The molecule has 3 aromatic rings. The maximum Gasteiger partial charge on any atom is 0.248 e. The first-order chi connectivity index (χ1) is 11.7. The second kappa shape index (κ2) is 5.98. The van der Waals surface area contributed by atoms with E-state index in [0.29, 0.717) is 5.56 Å². The van der Waals surface area contributed by atoms with Crippen LogP contribution in [0.4, 0.5) is 5.69 Å². The third kappa shape index (κ3) is 2.61. The van der Waals surface area contributed by atoms with E-state index in [9.17, 15) is 4.79 Å². The molecule has 1 amide bonds. The summed E-state index contributed by atoms with van der Waals surface area (Å²) < 4.78 is 0. The Bertz CT molecular complexity index is 964. The molecule has 0 saturated carbocycles. The minimum absolute atomic E-state index is 0.443. The van der Waals surface area contributed by atoms with Gasteiger partial charge in [-0.2, -0.15) is 0 Å². The van der Waals surface area contributed by atoms with E-state index in [1.165, 1.54) is 0 Å². The summed E-state index contributed by atoms with van der Waals surface area (Å²) in [4.78, 5) is 18.5. The van der Waals surface area contributed by atoms with E-state index in [0.717, 1.165) is 32.3 Å². The van der Waals surface area contributed by atoms with Crippen molar-refractivity contribution in [3.8, 4) is 0 Å². The summed E-state index contributed by atoms with van der Waals surface area (Å²) in [6.45, 7) is 0. The van der Waals surface area contributed by atoms with Crippen molar-refractivity contribution < 1.29 is 4.79 Å². The maximum atomic E-state index is 11.5. The number of nitrogens with zero attached hydrogens (tertiary/aromatic N) is 1. The number of carbonyl (C=O) groups is 1. The highest BCUT2D eigenvalue weighted by molar-refractivity contribution is 7.99. The molecule has 0 unspecified atom stereocenters. The molecule has 0 aliphatic carbocycles. The van der Waals surface area contributed by atoms with Gasteiger partial charge in [-0.15, -0.1) is 0 Å². The van der Waals surface area contributed by atoms with Crippen LogP contribution in [-0.4, -0.2) is 11.6 Å². The first-order valence-electron chi connectivity index (χ1n) is 7.57. The molecule has 1 heterocycles. The van der Waals surface area contributed by atoms with E-state index in [-0.39, 0.29) is 0 Å². The molecule has 1 aliphatic heterocycles. The second-order valence-corrected chi connectivity index (χ2v) is 6.56. The Morgan fingerprint density at radius 2 is 1.62 bits per heavy atom. The Kier molecular flexibility index (Phi) is 3.67. The van der Waals surface area contributed by atoms with Gasteiger partial charge in [0.15, 0.2) is 0 Å². The van der Waals surface area contributed by atoms with Gasteiger partial charge in [0, 0.05) is 26.5 Å². The van der Waals surface area contributed by atoms with Crippen LogP contribution in [0.2, 0.25) is 0 Å². The molecular weight excluding hydrogens is 316 g/mol. The predicted octanol–water partition coefficient (Wildman–Crippen LogP) is 4.42. The van der Waals surface area contributed by atoms with Gasteiger partial charge >= 0.3 is 0 Å². The standard InChI is InChI=1S/C20H14N2OS/c21-20(23)14-10-11-18-16(12-14)22-19(13-6-2-1-3-7-13)15-8-4-5-9-17(15)24-18/h1-12H,(H2,21,23). The van der Waals surface area contributed by atoms with Crippen LogP contribution in [-0.2, 0) is 0 Å². The van der Waals surface area contributed by atoms with E-state index in [4.69, 9.17) is 10.7 Å². The van der Waals surface area contributed by atoms with Gasteiger partial charge in [0.2, 0.25) is 5.91 Å². The number of carbonyl (C=O) groups excluding carboxylic acids is 1. The number of hydrogen-bond donors (Lipinski definition) is 1. The summed E-state index contributed by atoms with van der Waals surface area (Å²) in [6, 6.07) is 23.7. The molecule has 3 aromatic carbocycles. The number of amides is 1. The molecule has 0 radical (unpaired) electrons. The predicted molar refractivity (Wildman–Crippen MR) is 97.3 cm³/mol. The molecule has 4 rings (SSSR count). The van der Waals surface area contributed by atoms with Crippen LogP contribution in [0.3, 0.4) is 0 Å². The minimum atomic E-state index is -0.443. The molecule has 4 heteroatoms. The summed E-state index contributed by atoms with van der Waals surface area (Å²) in [5, 5.41) is 0. The Balaban J connectivity index is 1.98. The van der Waals surface area contributed by atoms with Crippen LogP contribution in [0, 0.1) is 0 Å². The van der Waals surface area contributed by atoms with Gasteiger partial charge in [-0.25, -0.2) is 4.99 Å². The third-order valence-electron chi connectivity index (χ3n) is 3.89. The van der Waals surface area contributed by atoms with Crippen molar-refractivity contribution in [1.82, 2.24) is 0 Å². The van der Waals surface area contributed by atoms with Crippen molar-refractivity contribution in [2.45, 2.75) is 9.79 Å². The zero-order valence-electron chi connectivity index (χ0n) is 12.8. The van der Waals surface area contributed by atoms with Crippen LogP contribution in [0.15, 0.2) is 87.6 Å². The van der Waals surface area contributed by atoms with Crippen molar-refractivity contribution in [1.29, 1.82) is 0 Å². The van der Waals surface area contributed by atoms with Gasteiger partial charge in [0.05, 0.1) is 11.4 Å². The monoisotopic (exact) mass is 330 g/mol. The molecule has 0 atom stereocenters. The van der Waals surface area contributed by atoms with Crippen LogP contribution >= 0.6 is 11.8 Å². The average molecular weight is 330 g/mol. The van der Waals surface area contributed by atoms with Crippen molar-refractivity contribution >= 4 is 29.1 Å². The third-order valence-corrected chi connectivity index (χ3v) is 5.03. The van der Waals surface area contributed by atoms with E-state index in [2.05, 4.69) is 12.1 Å². The fourth-order valence-corrected chi connectivity index (χ4v) is 3.71. The molecule has 3 nitrogen and oxygen atoms in total. The molecule has 24 heavy (non-hydrogen) atoms. The second-order valence-electron chi connectivity index (χ2n) is 5.47. The summed E-state index contributed by atoms with van der Waals surface area (Å²) in [5.74, 6) is -0.443. The Hall–Kier alpha value is -2.85. The first-order valence-corrected chi connectivity index (χ1v) is 8.39. The number of primary amides is 1. The van der Waals surface area contributed by atoms with Crippen molar-refractivity contribution in [2.75, 3.05) is 0 Å². The highest BCUT2D eigenvalue weighted by atomic mass is 32.2. The molecule has 0 saturated heterocycles. The molecule has 2 N–H and O–H groups in total. The number of aliphatic imine (C=N–C) groups is 1. The maximum absolute atomic E-state index is 11.5. The lowest BCUT2D eigenvalue weighted by Crippen LogP contribution is -2.10. The first kappa shape index (κ1) is 14.7. The summed E-state index contributed by atoms with van der Waals surface area (Å²) >= 11 is 1.66. The number of hydrogen-bond acceptors (Lipinski definition) is 3. The van der Waals surface area contributed by atoms with E-state index >= 15 is 0 Å². The lowest BCUT2D eigenvalue weighted by molar-refractivity contribution is 0.100. The Morgan fingerprint density at radius 3 is 2.42 bits per heavy atom. The molecule has 1 aliphatic rings. The topological polar surface area (TPSA) is 55.5 Å². The normalized spacial score (nSPS) is 12.6. The molecule has 0 aromatic heterocycles. The SMILES string of the molecule is NC(=O)c1ccc2c(c1)N=C(c1ccccc1)c1ccccc1S2. The van der Waals surface area contributed by atoms with Gasteiger partial charge in [0.1, 0.15) is 0 Å². The minimum Gasteiger partial charge on any atom is -0.366 e. The smallest absolute Gasteiger partial charge is 0.248 e. The zero-order valence-corrected chi connectivity index (χ0v) is 13.6. The number of benzene rings is 3. The molecule has 0 spiro atoms. The summed E-state index contributed by atoms with van der Waals surface area (Å²) in [6.07, 6.45) is 0. The van der Waals surface area contributed by atoms with Crippen LogP contribution in [0.1, 0.15) is 21.5 Å². The van der Waals surface area contributed by atoms with Crippen LogP contribution in [0.5, 0.6) is 0 Å². The van der Waals surface area contributed by atoms with E-state index < -0.39 is 5.91 Å². The van der Waals surface area contributed by atoms with Gasteiger partial charge in [-0.1, -0.05) is 60.3 Å². The largest absolute Gasteiger partial charge is 0.366 e. The summed E-state index contributed by atoms with van der Waals surface area (Å²) in [5.41, 5.74) is 9.70. The Labute approximate surface area is 144 Å². The summed E-state index contributed by atoms with van der Waals surface area (Å²) in [7, 11) is 0. The molecular formula is C20H14N2OS. The lowest BCUT2D eigenvalue weighted by atomic mass is 10.0. The van der Waals surface area contributed by atoms with E-state index in [1.54, 1.807) is 23.9 Å². The lowest BCUT2D eigenvalue weighted by Gasteiger charge is -2.08. The number of fused-ring (bicyclic) bond motifs is 2. The molecule has 116 valence electrons. The number of nitrogens with two attached hydrogens (primary N) is 1. The van der Waals surface area contributed by atoms with Crippen LogP contribution in [0.25, 0.3) is 0 Å². The average Bonchev–Trinajstić information content (AvgIpc) is 2.78. The Morgan fingerprint density at radius 1 is 0.875 bits per heavy atom. The van der Waals surface area contributed by atoms with Gasteiger partial charge in [0.25, 0.3) is 0 Å². The zero-order chi connectivity index (χ0) is 16.5. The van der Waals surface area contributed by atoms with Crippen LogP contribution < -0.4 is 5.73 Å². The van der Waals surface area contributed by atoms with Gasteiger partial charge in [-0.05, 0) is 24.3 Å². The fraction of sp³-hybridized carbons (Fsp3) is 0. The quantitative estimate of drug-likeness (QED) is 0.591. The highest BCUT2D eigenvalue weighted by Gasteiger charge is 2.19. The fourth-order valence-electron chi connectivity index (χ4n) is 2.71.